The van der Waals surface area contributed by atoms with Gasteiger partial charge in [-0.25, -0.2) is 14.8 Å². The van der Waals surface area contributed by atoms with Crippen molar-refractivity contribution in [2.75, 3.05) is 13.1 Å². The number of rotatable bonds is 2. The summed E-state index contributed by atoms with van der Waals surface area (Å²) in [6.07, 6.45) is 6.79. The number of carbonyl (C=O) groups is 1. The lowest BCUT2D eigenvalue weighted by molar-refractivity contribution is 0.176. The SMILES string of the molecule is Cc1nccc(C2CCN(C(=O)N[C@@H]3CCc4ccccc4C3)CC2)n1. The predicted molar refractivity (Wildman–Crippen MR) is 101 cm³/mol. The second-order valence-corrected chi connectivity index (χ2v) is 7.45. The second kappa shape index (κ2) is 7.44. The van der Waals surface area contributed by atoms with Crippen LogP contribution in [-0.2, 0) is 12.8 Å². The number of hydrogen-bond donors (Lipinski definition) is 1. The molecule has 0 unspecified atom stereocenters. The zero-order valence-electron chi connectivity index (χ0n) is 15.3. The smallest absolute Gasteiger partial charge is 0.317 e. The average molecular weight is 350 g/mol. The molecule has 4 rings (SSSR count). The van der Waals surface area contributed by atoms with Crippen molar-refractivity contribution in [1.29, 1.82) is 0 Å². The number of aryl methyl sites for hydroxylation is 2. The standard InChI is InChI=1S/C21H26N4O/c1-15-22-11-8-20(23-15)17-9-12-25(13-10-17)21(26)24-19-7-6-16-4-2-3-5-18(16)14-19/h2-5,8,11,17,19H,6-7,9-10,12-14H2,1H3,(H,24,26)/t19-/m1/s1. The number of piperidine rings is 1. The van der Waals surface area contributed by atoms with E-state index < -0.39 is 0 Å². The van der Waals surface area contributed by atoms with Crippen LogP contribution >= 0.6 is 0 Å². The molecule has 0 spiro atoms. The Labute approximate surface area is 154 Å². The number of aromatic nitrogens is 2. The Kier molecular flexibility index (Phi) is 4.87. The van der Waals surface area contributed by atoms with Gasteiger partial charge < -0.3 is 10.2 Å². The minimum absolute atomic E-state index is 0.0895. The first-order valence-electron chi connectivity index (χ1n) is 9.61. The zero-order chi connectivity index (χ0) is 17.9. The Morgan fingerprint density at radius 3 is 2.65 bits per heavy atom. The van der Waals surface area contributed by atoms with Crippen LogP contribution in [0.4, 0.5) is 4.79 Å². The van der Waals surface area contributed by atoms with Crippen molar-refractivity contribution in [3.05, 3.63) is 59.2 Å². The van der Waals surface area contributed by atoms with E-state index in [-0.39, 0.29) is 12.1 Å². The van der Waals surface area contributed by atoms with Crippen LogP contribution in [0.3, 0.4) is 0 Å². The van der Waals surface area contributed by atoms with E-state index in [9.17, 15) is 4.79 Å². The highest BCUT2D eigenvalue weighted by molar-refractivity contribution is 5.74. The number of nitrogens with one attached hydrogen (secondary N) is 1. The lowest BCUT2D eigenvalue weighted by atomic mass is 9.88. The van der Waals surface area contributed by atoms with Crippen LogP contribution in [0.5, 0.6) is 0 Å². The summed E-state index contributed by atoms with van der Waals surface area (Å²) < 4.78 is 0. The molecule has 2 heterocycles. The highest BCUT2D eigenvalue weighted by Crippen LogP contribution is 2.27. The summed E-state index contributed by atoms with van der Waals surface area (Å²) in [7, 11) is 0. The van der Waals surface area contributed by atoms with Gasteiger partial charge in [0.25, 0.3) is 0 Å². The lowest BCUT2D eigenvalue weighted by Gasteiger charge is -2.34. The number of hydrogen-bond acceptors (Lipinski definition) is 3. The molecule has 1 N–H and O–H groups in total. The first-order valence-corrected chi connectivity index (χ1v) is 9.61. The molecular weight excluding hydrogens is 324 g/mol. The fourth-order valence-corrected chi connectivity index (χ4v) is 4.17. The van der Waals surface area contributed by atoms with E-state index in [1.54, 1.807) is 0 Å². The van der Waals surface area contributed by atoms with Crippen molar-refractivity contribution in [3.63, 3.8) is 0 Å². The average Bonchev–Trinajstić information content (AvgIpc) is 2.68. The van der Waals surface area contributed by atoms with Crippen molar-refractivity contribution >= 4 is 6.03 Å². The largest absolute Gasteiger partial charge is 0.335 e. The first-order chi connectivity index (χ1) is 12.7. The van der Waals surface area contributed by atoms with Crippen LogP contribution in [-0.4, -0.2) is 40.0 Å². The molecule has 1 aliphatic carbocycles. The van der Waals surface area contributed by atoms with Crippen LogP contribution in [0.1, 0.15) is 47.8 Å². The molecule has 0 radical (unpaired) electrons. The molecule has 1 atom stereocenters. The third-order valence-corrected chi connectivity index (χ3v) is 5.67. The second-order valence-electron chi connectivity index (χ2n) is 7.45. The van der Waals surface area contributed by atoms with Gasteiger partial charge in [-0.3, -0.25) is 0 Å². The van der Waals surface area contributed by atoms with Gasteiger partial charge in [0.1, 0.15) is 5.82 Å². The monoisotopic (exact) mass is 350 g/mol. The summed E-state index contributed by atoms with van der Waals surface area (Å²) in [5.74, 6) is 1.25. The first kappa shape index (κ1) is 17.0. The van der Waals surface area contributed by atoms with Gasteiger partial charge in [0.15, 0.2) is 0 Å². The Balaban J connectivity index is 1.30. The highest BCUT2D eigenvalue weighted by atomic mass is 16.2. The predicted octanol–water partition coefficient (Wildman–Crippen LogP) is 3.23. The van der Waals surface area contributed by atoms with Crippen molar-refractivity contribution in [2.24, 2.45) is 0 Å². The Morgan fingerprint density at radius 1 is 1.12 bits per heavy atom. The van der Waals surface area contributed by atoms with Crippen molar-refractivity contribution < 1.29 is 4.79 Å². The number of likely N-dealkylation sites (tertiary alicyclic amines) is 1. The summed E-state index contributed by atoms with van der Waals surface area (Å²) in [6.45, 7) is 3.51. The van der Waals surface area contributed by atoms with E-state index >= 15 is 0 Å². The maximum atomic E-state index is 12.7. The van der Waals surface area contributed by atoms with E-state index in [4.69, 9.17) is 0 Å². The van der Waals surface area contributed by atoms with Gasteiger partial charge >= 0.3 is 6.03 Å². The molecule has 2 aliphatic rings. The van der Waals surface area contributed by atoms with E-state index in [2.05, 4.69) is 39.6 Å². The summed E-state index contributed by atoms with van der Waals surface area (Å²) in [6, 6.07) is 10.9. The minimum Gasteiger partial charge on any atom is -0.335 e. The minimum atomic E-state index is 0.0895. The molecule has 136 valence electrons. The normalized spacial score (nSPS) is 20.5. The van der Waals surface area contributed by atoms with Gasteiger partial charge in [0.05, 0.1) is 0 Å². The molecule has 1 aromatic carbocycles. The fourth-order valence-electron chi connectivity index (χ4n) is 4.17. The molecule has 5 heteroatoms. The van der Waals surface area contributed by atoms with Crippen molar-refractivity contribution in [3.8, 4) is 0 Å². The molecule has 1 saturated heterocycles. The Morgan fingerprint density at radius 2 is 1.88 bits per heavy atom. The molecule has 1 fully saturated rings. The Bertz CT molecular complexity index is 783. The lowest BCUT2D eigenvalue weighted by Crippen LogP contribution is -2.49. The quantitative estimate of drug-likeness (QED) is 0.905. The van der Waals surface area contributed by atoms with Crippen LogP contribution in [0.15, 0.2) is 36.5 Å². The molecule has 2 aromatic rings. The third kappa shape index (κ3) is 3.71. The molecule has 1 aliphatic heterocycles. The molecule has 0 bridgehead atoms. The van der Waals surface area contributed by atoms with Gasteiger partial charge in [-0.15, -0.1) is 0 Å². The number of nitrogens with zero attached hydrogens (tertiary/aromatic N) is 3. The number of benzene rings is 1. The van der Waals surface area contributed by atoms with Crippen LogP contribution < -0.4 is 5.32 Å². The number of fused-ring (bicyclic) bond motifs is 1. The molecule has 5 nitrogen and oxygen atoms in total. The molecule has 0 saturated carbocycles. The summed E-state index contributed by atoms with van der Waals surface area (Å²) in [5, 5.41) is 3.25. The van der Waals surface area contributed by atoms with Crippen molar-refractivity contribution in [2.45, 2.75) is 51.0 Å². The summed E-state index contributed by atoms with van der Waals surface area (Å²) in [5.41, 5.74) is 3.92. The fraction of sp³-hybridized carbons (Fsp3) is 0.476. The summed E-state index contributed by atoms with van der Waals surface area (Å²) in [4.78, 5) is 23.4. The van der Waals surface area contributed by atoms with Crippen LogP contribution in [0.25, 0.3) is 0 Å². The van der Waals surface area contributed by atoms with E-state index in [1.165, 1.54) is 11.1 Å². The van der Waals surface area contributed by atoms with E-state index in [0.717, 1.165) is 56.7 Å². The van der Waals surface area contributed by atoms with E-state index in [0.29, 0.717) is 5.92 Å². The van der Waals surface area contributed by atoms with Gasteiger partial charge in [0, 0.05) is 36.9 Å². The Hall–Kier alpha value is -2.43. The maximum absolute atomic E-state index is 12.7. The number of amides is 2. The number of carbonyl (C=O) groups excluding carboxylic acids is 1. The molecular formula is C21H26N4O. The van der Waals surface area contributed by atoms with Crippen molar-refractivity contribution in [1.82, 2.24) is 20.2 Å². The van der Waals surface area contributed by atoms with Crippen LogP contribution in [0, 0.1) is 6.92 Å². The zero-order valence-corrected chi connectivity index (χ0v) is 15.3. The van der Waals surface area contributed by atoms with Gasteiger partial charge in [0.2, 0.25) is 0 Å². The maximum Gasteiger partial charge on any atom is 0.317 e. The van der Waals surface area contributed by atoms with Gasteiger partial charge in [-0.1, -0.05) is 24.3 Å². The highest BCUT2D eigenvalue weighted by Gasteiger charge is 2.27. The molecule has 26 heavy (non-hydrogen) atoms. The van der Waals surface area contributed by atoms with Crippen LogP contribution in [0.2, 0.25) is 0 Å². The number of urea groups is 1. The molecule has 2 amide bonds. The molecule has 1 aromatic heterocycles. The summed E-state index contributed by atoms with van der Waals surface area (Å²) >= 11 is 0. The third-order valence-electron chi connectivity index (χ3n) is 5.67. The topological polar surface area (TPSA) is 58.1 Å². The van der Waals surface area contributed by atoms with Gasteiger partial charge in [-0.2, -0.15) is 0 Å². The van der Waals surface area contributed by atoms with E-state index in [1.807, 2.05) is 24.1 Å². The van der Waals surface area contributed by atoms with Gasteiger partial charge in [-0.05, 0) is 56.2 Å².